The largest absolute Gasteiger partial charge is 0.494 e. The van der Waals surface area contributed by atoms with E-state index in [2.05, 4.69) is 4.98 Å². The minimum atomic E-state index is -3.67. The van der Waals surface area contributed by atoms with E-state index >= 15 is 0 Å². The average Bonchev–Trinajstić information content (AvgIpc) is 3.43. The second-order valence-corrected chi connectivity index (χ2v) is 12.9. The molecule has 10 heteroatoms. The Morgan fingerprint density at radius 2 is 1.73 bits per heavy atom. The monoisotopic (exact) mass is 578 g/mol. The first kappa shape index (κ1) is 28.2. The number of rotatable bonds is 9. The van der Waals surface area contributed by atoms with Crippen molar-refractivity contribution in [2.75, 3.05) is 18.6 Å². The molecule has 2 aromatic heterocycles. The van der Waals surface area contributed by atoms with Crippen LogP contribution in [0.2, 0.25) is 0 Å². The van der Waals surface area contributed by atoms with E-state index in [9.17, 15) is 13.2 Å². The van der Waals surface area contributed by atoms with Crippen LogP contribution in [-0.2, 0) is 16.6 Å². The van der Waals surface area contributed by atoms with Crippen LogP contribution in [-0.4, -0.2) is 48.3 Å². The quantitative estimate of drug-likeness (QED) is 0.235. The van der Waals surface area contributed by atoms with Crippen LogP contribution in [0.4, 0.5) is 5.13 Å². The molecule has 0 bridgehead atoms. The molecule has 5 rings (SSSR count). The van der Waals surface area contributed by atoms with Gasteiger partial charge in [-0.3, -0.25) is 14.7 Å². The molecule has 2 aromatic carbocycles. The second kappa shape index (κ2) is 12.0. The van der Waals surface area contributed by atoms with Crippen molar-refractivity contribution in [3.63, 3.8) is 0 Å². The first-order valence-electron chi connectivity index (χ1n) is 13.6. The van der Waals surface area contributed by atoms with Crippen LogP contribution >= 0.6 is 11.3 Å². The van der Waals surface area contributed by atoms with E-state index in [0.29, 0.717) is 28.5 Å². The number of amides is 1. The number of carbonyl (C=O) groups excluding carboxylic acids is 1. The molecular weight excluding hydrogens is 544 g/mol. The summed E-state index contributed by atoms with van der Waals surface area (Å²) in [6.07, 6.45) is 8.41. The van der Waals surface area contributed by atoms with Gasteiger partial charge in [0.2, 0.25) is 10.0 Å². The van der Waals surface area contributed by atoms with E-state index in [1.54, 1.807) is 53.0 Å². The van der Waals surface area contributed by atoms with E-state index in [1.807, 2.05) is 38.1 Å². The summed E-state index contributed by atoms with van der Waals surface area (Å²) in [4.78, 5) is 24.7. The molecule has 0 spiro atoms. The molecule has 210 valence electrons. The molecule has 1 saturated carbocycles. The summed E-state index contributed by atoms with van der Waals surface area (Å²) in [5.41, 5.74) is 3.04. The van der Waals surface area contributed by atoms with Crippen molar-refractivity contribution in [3.05, 3.63) is 77.6 Å². The van der Waals surface area contributed by atoms with Gasteiger partial charge in [-0.25, -0.2) is 13.4 Å². The number of benzene rings is 2. The minimum Gasteiger partial charge on any atom is -0.494 e. The highest BCUT2D eigenvalue weighted by Gasteiger charge is 2.31. The van der Waals surface area contributed by atoms with Gasteiger partial charge in [0.05, 0.1) is 23.2 Å². The molecule has 0 atom stereocenters. The second-order valence-electron chi connectivity index (χ2n) is 10.0. The Bertz CT molecular complexity index is 1580. The maximum absolute atomic E-state index is 14.0. The van der Waals surface area contributed by atoms with Crippen molar-refractivity contribution in [3.8, 4) is 5.75 Å². The fraction of sp³-hybridized carbons (Fsp3) is 0.367. The van der Waals surface area contributed by atoms with Crippen molar-refractivity contribution in [2.45, 2.75) is 63.4 Å². The molecule has 0 N–H and O–H groups in total. The number of hydrogen-bond donors (Lipinski definition) is 0. The van der Waals surface area contributed by atoms with Gasteiger partial charge in [0.1, 0.15) is 11.3 Å². The normalized spacial score (nSPS) is 14.5. The van der Waals surface area contributed by atoms with Gasteiger partial charge >= 0.3 is 0 Å². The Labute approximate surface area is 239 Å². The molecule has 0 aliphatic heterocycles. The van der Waals surface area contributed by atoms with Gasteiger partial charge in [0.25, 0.3) is 5.91 Å². The highest BCUT2D eigenvalue weighted by Crippen LogP contribution is 2.37. The zero-order valence-corrected chi connectivity index (χ0v) is 24.7. The minimum absolute atomic E-state index is 0.0281. The van der Waals surface area contributed by atoms with E-state index in [1.165, 1.54) is 11.3 Å². The lowest BCUT2D eigenvalue weighted by Crippen LogP contribution is -2.41. The van der Waals surface area contributed by atoms with Gasteiger partial charge in [-0.2, -0.15) is 4.31 Å². The number of anilines is 1. The molecular formula is C30H34N4O4S2. The molecule has 1 aliphatic carbocycles. The summed E-state index contributed by atoms with van der Waals surface area (Å²) in [7, 11) is -2.06. The maximum atomic E-state index is 14.0. The smallest absolute Gasteiger partial charge is 0.260 e. The van der Waals surface area contributed by atoms with Crippen LogP contribution in [0.1, 0.15) is 60.5 Å². The van der Waals surface area contributed by atoms with E-state index in [-0.39, 0.29) is 23.4 Å². The first-order chi connectivity index (χ1) is 19.3. The zero-order valence-electron chi connectivity index (χ0n) is 23.0. The number of sulfonamides is 1. The van der Waals surface area contributed by atoms with Crippen LogP contribution in [0.25, 0.3) is 10.2 Å². The van der Waals surface area contributed by atoms with Gasteiger partial charge < -0.3 is 4.74 Å². The highest BCUT2D eigenvalue weighted by atomic mass is 32.2. The third-order valence-electron chi connectivity index (χ3n) is 7.48. The zero-order chi connectivity index (χ0) is 28.3. The SMILES string of the molecule is CCN(C1CCCCC1)S(=O)(=O)c1ccc(C(=O)N(Cc2ccncc2)c2nc3c(OC)ccc(C)c3s2)cc1. The van der Waals surface area contributed by atoms with Crippen molar-refractivity contribution in [2.24, 2.45) is 0 Å². The van der Waals surface area contributed by atoms with Crippen molar-refractivity contribution in [1.29, 1.82) is 0 Å². The summed E-state index contributed by atoms with van der Waals surface area (Å²) in [5, 5.41) is 0.538. The van der Waals surface area contributed by atoms with Gasteiger partial charge in [-0.1, -0.05) is 43.6 Å². The molecule has 4 aromatic rings. The third-order valence-corrected chi connectivity index (χ3v) is 10.7. The number of fused-ring (bicyclic) bond motifs is 1. The van der Waals surface area contributed by atoms with Crippen molar-refractivity contribution in [1.82, 2.24) is 14.3 Å². The summed E-state index contributed by atoms with van der Waals surface area (Å²) >= 11 is 1.43. The predicted octanol–water partition coefficient (Wildman–Crippen LogP) is 6.20. The molecule has 1 fully saturated rings. The maximum Gasteiger partial charge on any atom is 0.260 e. The summed E-state index contributed by atoms with van der Waals surface area (Å²) in [6, 6.07) is 13.9. The van der Waals surface area contributed by atoms with E-state index in [4.69, 9.17) is 9.72 Å². The third kappa shape index (κ3) is 5.61. The number of aryl methyl sites for hydroxylation is 1. The highest BCUT2D eigenvalue weighted by molar-refractivity contribution is 7.89. The molecule has 1 aliphatic rings. The van der Waals surface area contributed by atoms with Crippen molar-refractivity contribution >= 4 is 42.6 Å². The van der Waals surface area contributed by atoms with Crippen LogP contribution < -0.4 is 9.64 Å². The summed E-state index contributed by atoms with van der Waals surface area (Å²) < 4.78 is 35.2. The lowest BCUT2D eigenvalue weighted by atomic mass is 9.95. The van der Waals surface area contributed by atoms with Crippen LogP contribution in [0, 0.1) is 6.92 Å². The van der Waals surface area contributed by atoms with E-state index in [0.717, 1.165) is 47.9 Å². The Balaban J connectivity index is 1.48. The van der Waals surface area contributed by atoms with Gasteiger partial charge in [0.15, 0.2) is 5.13 Å². The molecule has 0 saturated heterocycles. The van der Waals surface area contributed by atoms with Crippen LogP contribution in [0.5, 0.6) is 5.75 Å². The molecule has 0 unspecified atom stereocenters. The molecule has 40 heavy (non-hydrogen) atoms. The number of methoxy groups -OCH3 is 1. The number of thiazole rings is 1. The molecule has 2 heterocycles. The molecule has 0 radical (unpaired) electrons. The Morgan fingerprint density at radius 3 is 2.38 bits per heavy atom. The fourth-order valence-corrected chi connectivity index (χ4v) is 8.07. The summed E-state index contributed by atoms with van der Waals surface area (Å²) in [6.45, 7) is 4.60. The Hall–Kier alpha value is -3.34. The van der Waals surface area contributed by atoms with E-state index < -0.39 is 10.0 Å². The molecule has 1 amide bonds. The number of nitrogens with zero attached hydrogens (tertiary/aromatic N) is 4. The number of aromatic nitrogens is 2. The lowest BCUT2D eigenvalue weighted by molar-refractivity contribution is 0.0985. The Morgan fingerprint density at radius 1 is 1.02 bits per heavy atom. The number of carbonyl (C=O) groups is 1. The first-order valence-corrected chi connectivity index (χ1v) is 15.9. The van der Waals surface area contributed by atoms with Crippen LogP contribution in [0.3, 0.4) is 0 Å². The van der Waals surface area contributed by atoms with Gasteiger partial charge in [-0.15, -0.1) is 0 Å². The number of ether oxygens (including phenoxy) is 1. The fourth-order valence-electron chi connectivity index (χ4n) is 5.33. The van der Waals surface area contributed by atoms with Gasteiger partial charge in [-0.05, 0) is 73.4 Å². The molecule has 8 nitrogen and oxygen atoms in total. The van der Waals surface area contributed by atoms with Crippen LogP contribution in [0.15, 0.2) is 65.8 Å². The van der Waals surface area contributed by atoms with Gasteiger partial charge in [0, 0.05) is 30.5 Å². The standard InChI is InChI=1S/C30H34N4O4S2/c1-4-34(24-8-6-5-7-9-24)40(36,37)25-13-11-23(12-14-25)29(35)33(20-22-16-18-31-19-17-22)30-32-27-26(38-3)15-10-21(2)28(27)39-30/h10-19,24H,4-9,20H2,1-3H3. The topological polar surface area (TPSA) is 92.7 Å². The Kier molecular flexibility index (Phi) is 8.48. The average molecular weight is 579 g/mol. The number of pyridine rings is 1. The van der Waals surface area contributed by atoms with Crippen molar-refractivity contribution < 1.29 is 17.9 Å². The summed E-state index contributed by atoms with van der Waals surface area (Å²) in [5.74, 6) is 0.378. The predicted molar refractivity (Wildman–Crippen MR) is 159 cm³/mol. The number of hydrogen-bond acceptors (Lipinski definition) is 7. The lowest BCUT2D eigenvalue weighted by Gasteiger charge is -2.32.